The van der Waals surface area contributed by atoms with E-state index >= 15 is 0 Å². The summed E-state index contributed by atoms with van der Waals surface area (Å²) in [5, 5.41) is 22.1. The largest absolute Gasteiger partial charge is 0.389 e. The maximum atomic E-state index is 11.3. The molecule has 24 heavy (non-hydrogen) atoms. The average Bonchev–Trinajstić information content (AvgIpc) is 3.05. The third kappa shape index (κ3) is 2.20. The van der Waals surface area contributed by atoms with Crippen molar-refractivity contribution < 1.29 is 19.7 Å². The van der Waals surface area contributed by atoms with Gasteiger partial charge in [0, 0.05) is 5.57 Å². The molecule has 0 aromatic rings. The van der Waals surface area contributed by atoms with Crippen LogP contribution in [0, 0.1) is 11.3 Å². The zero-order valence-corrected chi connectivity index (χ0v) is 15.3. The van der Waals surface area contributed by atoms with E-state index in [1.54, 1.807) is 0 Å². The van der Waals surface area contributed by atoms with Crippen LogP contribution in [0.5, 0.6) is 0 Å². The van der Waals surface area contributed by atoms with Crippen molar-refractivity contribution in [1.29, 1.82) is 0 Å². The van der Waals surface area contributed by atoms with Crippen molar-refractivity contribution in [1.82, 2.24) is 0 Å². The van der Waals surface area contributed by atoms with Crippen LogP contribution in [0.15, 0.2) is 22.8 Å². The fourth-order valence-corrected chi connectivity index (χ4v) is 5.17. The van der Waals surface area contributed by atoms with Crippen LogP contribution >= 0.6 is 0 Å². The van der Waals surface area contributed by atoms with Crippen LogP contribution in [0.4, 0.5) is 0 Å². The summed E-state index contributed by atoms with van der Waals surface area (Å²) in [6.45, 7) is 9.15. The van der Waals surface area contributed by atoms with Gasteiger partial charge in [0.1, 0.15) is 6.10 Å². The fraction of sp³-hybridized carbons (Fsp3) is 0.800. The number of rotatable bonds is 0. The molecule has 4 nitrogen and oxygen atoms in total. The molecular weight excluding hydrogens is 304 g/mol. The first-order valence-electron chi connectivity index (χ1n) is 9.32. The van der Waals surface area contributed by atoms with E-state index in [1.807, 2.05) is 6.92 Å². The van der Waals surface area contributed by atoms with E-state index in [0.29, 0.717) is 24.5 Å². The SMILES string of the molecule is C/C1=C/CC[C@]2(C)O[C@H]2C2(O)OCC3=C2C(O)C[C@H](C)[C@@]3(C)CC1. The van der Waals surface area contributed by atoms with E-state index in [0.717, 1.165) is 31.3 Å². The summed E-state index contributed by atoms with van der Waals surface area (Å²) < 4.78 is 11.9. The van der Waals surface area contributed by atoms with Gasteiger partial charge in [-0.25, -0.2) is 0 Å². The summed E-state index contributed by atoms with van der Waals surface area (Å²) in [5.74, 6) is -1.09. The lowest BCUT2D eigenvalue weighted by Gasteiger charge is -2.44. The molecular formula is C20H30O4. The summed E-state index contributed by atoms with van der Waals surface area (Å²) in [5.41, 5.74) is 2.83. The van der Waals surface area contributed by atoms with Gasteiger partial charge in [-0.2, -0.15) is 0 Å². The molecule has 4 rings (SSSR count). The van der Waals surface area contributed by atoms with Crippen LogP contribution in [0.1, 0.15) is 59.8 Å². The van der Waals surface area contributed by atoms with Crippen molar-refractivity contribution >= 4 is 0 Å². The average molecular weight is 334 g/mol. The van der Waals surface area contributed by atoms with Crippen LogP contribution in [0.2, 0.25) is 0 Å². The van der Waals surface area contributed by atoms with Crippen LogP contribution in [0.3, 0.4) is 0 Å². The minimum Gasteiger partial charge on any atom is -0.389 e. The third-order valence-electron chi connectivity index (χ3n) is 7.25. The van der Waals surface area contributed by atoms with Crippen LogP contribution < -0.4 is 0 Å². The Labute approximate surface area is 144 Å². The van der Waals surface area contributed by atoms with E-state index in [1.165, 1.54) is 5.57 Å². The first-order valence-corrected chi connectivity index (χ1v) is 9.32. The highest BCUT2D eigenvalue weighted by Crippen LogP contribution is 2.59. The first kappa shape index (κ1) is 16.8. The van der Waals surface area contributed by atoms with E-state index in [9.17, 15) is 10.2 Å². The number of ether oxygens (including phenoxy) is 2. The molecule has 6 atom stereocenters. The molecule has 0 aromatic heterocycles. The van der Waals surface area contributed by atoms with Gasteiger partial charge < -0.3 is 19.7 Å². The maximum absolute atomic E-state index is 11.3. The molecule has 2 aliphatic heterocycles. The molecule has 2 aliphatic carbocycles. The van der Waals surface area contributed by atoms with E-state index in [2.05, 4.69) is 26.8 Å². The van der Waals surface area contributed by atoms with Crippen molar-refractivity contribution in [3.8, 4) is 0 Å². The van der Waals surface area contributed by atoms with Crippen molar-refractivity contribution in [2.24, 2.45) is 11.3 Å². The lowest BCUT2D eigenvalue weighted by Crippen LogP contribution is -2.47. The second kappa shape index (κ2) is 5.16. The molecule has 0 radical (unpaired) electrons. The smallest absolute Gasteiger partial charge is 0.221 e. The molecule has 4 bridgehead atoms. The van der Waals surface area contributed by atoms with Gasteiger partial charge in [-0.1, -0.05) is 25.5 Å². The Bertz CT molecular complexity index is 623. The molecule has 1 fully saturated rings. The Hall–Kier alpha value is -0.680. The highest BCUT2D eigenvalue weighted by atomic mass is 16.7. The lowest BCUT2D eigenvalue weighted by molar-refractivity contribution is -0.175. The molecule has 2 N–H and O–H groups in total. The topological polar surface area (TPSA) is 62.2 Å². The number of aliphatic hydroxyl groups is 2. The Balaban J connectivity index is 1.82. The van der Waals surface area contributed by atoms with Crippen molar-refractivity contribution in [3.63, 3.8) is 0 Å². The zero-order chi connectivity index (χ0) is 17.3. The molecule has 1 saturated heterocycles. The van der Waals surface area contributed by atoms with Gasteiger partial charge in [0.15, 0.2) is 0 Å². The molecule has 4 heteroatoms. The van der Waals surface area contributed by atoms with Crippen molar-refractivity contribution in [2.75, 3.05) is 6.61 Å². The summed E-state index contributed by atoms with van der Waals surface area (Å²) >= 11 is 0. The van der Waals surface area contributed by atoms with Crippen LogP contribution in [0.25, 0.3) is 0 Å². The highest BCUT2D eigenvalue weighted by Gasteiger charge is 2.68. The molecule has 0 aromatic carbocycles. The van der Waals surface area contributed by atoms with E-state index in [-0.39, 0.29) is 17.1 Å². The number of hydrogen-bond acceptors (Lipinski definition) is 4. The maximum Gasteiger partial charge on any atom is 0.221 e. The number of allylic oxidation sites excluding steroid dienone is 2. The Morgan fingerprint density at radius 1 is 1.25 bits per heavy atom. The highest BCUT2D eigenvalue weighted by molar-refractivity contribution is 5.41. The Morgan fingerprint density at radius 3 is 2.75 bits per heavy atom. The minimum atomic E-state index is -1.46. The van der Waals surface area contributed by atoms with Crippen LogP contribution in [-0.4, -0.2) is 40.4 Å². The Morgan fingerprint density at radius 2 is 2.00 bits per heavy atom. The number of fused-ring (bicyclic) bond motifs is 2. The molecule has 4 aliphatic rings. The second-order valence-electron chi connectivity index (χ2n) is 8.85. The summed E-state index contributed by atoms with van der Waals surface area (Å²) in [7, 11) is 0. The van der Waals surface area contributed by atoms with Gasteiger partial charge in [-0.15, -0.1) is 0 Å². The predicted octanol–water partition coefficient (Wildman–Crippen LogP) is 3.09. The molecule has 0 amide bonds. The normalized spacial score (nSPS) is 53.6. The zero-order valence-electron chi connectivity index (χ0n) is 15.3. The summed E-state index contributed by atoms with van der Waals surface area (Å²) in [4.78, 5) is 0. The lowest BCUT2D eigenvalue weighted by atomic mass is 9.61. The number of aliphatic hydroxyl groups excluding tert-OH is 1. The van der Waals surface area contributed by atoms with Gasteiger partial charge in [-0.3, -0.25) is 0 Å². The summed E-state index contributed by atoms with van der Waals surface area (Å²) in [6, 6.07) is 0. The van der Waals surface area contributed by atoms with Gasteiger partial charge in [0.05, 0.1) is 18.3 Å². The molecule has 2 unspecified atom stereocenters. The monoisotopic (exact) mass is 334 g/mol. The second-order valence-corrected chi connectivity index (χ2v) is 8.85. The third-order valence-corrected chi connectivity index (χ3v) is 7.25. The fourth-order valence-electron chi connectivity index (χ4n) is 5.17. The first-order chi connectivity index (χ1) is 11.2. The molecule has 134 valence electrons. The molecule has 2 heterocycles. The Kier molecular flexibility index (Phi) is 3.61. The predicted molar refractivity (Wildman–Crippen MR) is 91.3 cm³/mol. The van der Waals surface area contributed by atoms with Crippen molar-refractivity contribution in [3.05, 3.63) is 22.8 Å². The van der Waals surface area contributed by atoms with E-state index < -0.39 is 11.9 Å². The van der Waals surface area contributed by atoms with Gasteiger partial charge in [0.25, 0.3) is 0 Å². The summed E-state index contributed by atoms with van der Waals surface area (Å²) in [6.07, 6.45) is 5.88. The van der Waals surface area contributed by atoms with Crippen molar-refractivity contribution in [2.45, 2.75) is 83.4 Å². The van der Waals surface area contributed by atoms with Gasteiger partial charge in [0.2, 0.25) is 5.79 Å². The molecule has 0 saturated carbocycles. The number of epoxide rings is 1. The standard InChI is InChI=1S/C20H30O4/c1-12-6-5-8-19(4)17(24-19)20(22)16-14(11-23-20)18(3,9-7-12)13(2)10-15(16)21/h6,13,15,17,21-22H,5,7-11H2,1-4H3/b12-6-/t13-,15?,17+,18+,19-,20?/m0/s1. The van der Waals surface area contributed by atoms with Crippen LogP contribution in [-0.2, 0) is 9.47 Å². The molecule has 0 spiro atoms. The van der Waals surface area contributed by atoms with Gasteiger partial charge in [-0.05, 0) is 62.9 Å². The minimum absolute atomic E-state index is 0.0430. The quantitative estimate of drug-likeness (QED) is 0.528. The number of hydrogen-bond donors (Lipinski definition) is 2. The van der Waals surface area contributed by atoms with Gasteiger partial charge >= 0.3 is 0 Å². The van der Waals surface area contributed by atoms with E-state index in [4.69, 9.17) is 9.47 Å².